The molecular weight excluding hydrogens is 252 g/mol. The lowest BCUT2D eigenvalue weighted by Gasteiger charge is -2.06. The number of aryl methyl sites for hydroxylation is 1. The van der Waals surface area contributed by atoms with Crippen LogP contribution in [0, 0.1) is 10.1 Å². The van der Waals surface area contributed by atoms with E-state index in [2.05, 4.69) is 10.4 Å². The molecule has 0 spiro atoms. The monoisotopic (exact) mass is 262 g/mol. The van der Waals surface area contributed by atoms with Crippen molar-refractivity contribution in [1.82, 2.24) is 9.78 Å². The predicted octanol–water partition coefficient (Wildman–Crippen LogP) is 1.77. The topological polar surface area (TPSA) is 110 Å². The third-order valence-electron chi connectivity index (χ3n) is 2.51. The van der Waals surface area contributed by atoms with E-state index in [1.165, 1.54) is 36.1 Å². The van der Waals surface area contributed by atoms with Crippen molar-refractivity contribution >= 4 is 23.0 Å². The smallest absolute Gasteiger partial charge is 0.356 e. The molecule has 19 heavy (non-hydrogen) atoms. The molecule has 0 saturated carbocycles. The average molecular weight is 262 g/mol. The quantitative estimate of drug-likeness (QED) is 0.641. The molecule has 0 saturated heterocycles. The number of benzene rings is 1. The zero-order valence-corrected chi connectivity index (χ0v) is 9.90. The van der Waals surface area contributed by atoms with Crippen LogP contribution >= 0.6 is 0 Å². The average Bonchev–Trinajstić information content (AvgIpc) is 2.71. The lowest BCUT2D eigenvalue weighted by Crippen LogP contribution is -2.08. The van der Waals surface area contributed by atoms with E-state index in [0.29, 0.717) is 0 Å². The van der Waals surface area contributed by atoms with Gasteiger partial charge in [0.15, 0.2) is 5.69 Å². The zero-order valence-electron chi connectivity index (χ0n) is 9.90. The fourth-order valence-corrected chi connectivity index (χ4v) is 1.67. The van der Waals surface area contributed by atoms with Crippen molar-refractivity contribution in [3.05, 3.63) is 46.3 Å². The van der Waals surface area contributed by atoms with Gasteiger partial charge in [-0.05, 0) is 6.07 Å². The minimum absolute atomic E-state index is 0.0712. The van der Waals surface area contributed by atoms with Crippen molar-refractivity contribution in [2.45, 2.75) is 0 Å². The molecule has 0 aliphatic heterocycles. The van der Waals surface area contributed by atoms with Crippen LogP contribution in [0.4, 0.5) is 17.1 Å². The van der Waals surface area contributed by atoms with E-state index in [9.17, 15) is 14.9 Å². The minimum atomic E-state index is -1.17. The summed E-state index contributed by atoms with van der Waals surface area (Å²) in [5, 5.41) is 26.5. The normalized spacial score (nSPS) is 10.2. The Hall–Kier alpha value is -2.90. The Kier molecular flexibility index (Phi) is 3.15. The summed E-state index contributed by atoms with van der Waals surface area (Å²) < 4.78 is 1.18. The Balaban J connectivity index is 2.42. The highest BCUT2D eigenvalue weighted by molar-refractivity contribution is 5.93. The fraction of sp³-hybridized carbons (Fsp3) is 0.0909. The highest BCUT2D eigenvalue weighted by Gasteiger charge is 2.19. The summed E-state index contributed by atoms with van der Waals surface area (Å²) in [4.78, 5) is 21.4. The van der Waals surface area contributed by atoms with Crippen molar-refractivity contribution in [3.8, 4) is 0 Å². The molecule has 0 aliphatic carbocycles. The van der Waals surface area contributed by atoms with Gasteiger partial charge in [-0.25, -0.2) is 4.79 Å². The summed E-state index contributed by atoms with van der Waals surface area (Å²) in [7, 11) is 1.48. The van der Waals surface area contributed by atoms with Gasteiger partial charge < -0.3 is 10.4 Å². The standard InChI is InChI=1S/C11H10N4O4/c1-14-10(11(16)17)8(6-12-14)13-7-4-2-3-5-9(7)15(18)19/h2-6,13H,1H3,(H,16,17). The number of rotatable bonds is 4. The largest absolute Gasteiger partial charge is 0.476 e. The van der Waals surface area contributed by atoms with Crippen LogP contribution < -0.4 is 5.32 Å². The van der Waals surface area contributed by atoms with E-state index < -0.39 is 10.9 Å². The summed E-state index contributed by atoms with van der Waals surface area (Å²) in [5.74, 6) is -1.17. The van der Waals surface area contributed by atoms with Crippen molar-refractivity contribution in [1.29, 1.82) is 0 Å². The summed E-state index contributed by atoms with van der Waals surface area (Å²) >= 11 is 0. The van der Waals surface area contributed by atoms with E-state index in [0.717, 1.165) is 0 Å². The van der Waals surface area contributed by atoms with Crippen LogP contribution in [-0.4, -0.2) is 25.8 Å². The summed E-state index contributed by atoms with van der Waals surface area (Å²) in [5.41, 5.74) is 0.202. The summed E-state index contributed by atoms with van der Waals surface area (Å²) in [6.45, 7) is 0. The second-order valence-electron chi connectivity index (χ2n) is 3.73. The van der Waals surface area contributed by atoms with E-state index >= 15 is 0 Å². The van der Waals surface area contributed by atoms with Gasteiger partial charge in [-0.15, -0.1) is 0 Å². The molecule has 8 heteroatoms. The first kappa shape index (κ1) is 12.6. The first-order valence-electron chi connectivity index (χ1n) is 5.26. The predicted molar refractivity (Wildman–Crippen MR) is 66.5 cm³/mol. The Bertz CT molecular complexity index is 650. The van der Waals surface area contributed by atoms with Gasteiger partial charge in [-0.1, -0.05) is 12.1 Å². The molecule has 0 atom stereocenters. The molecule has 1 aromatic heterocycles. The van der Waals surface area contributed by atoms with Crippen LogP contribution in [0.2, 0.25) is 0 Å². The number of aromatic carboxylic acids is 1. The van der Waals surface area contributed by atoms with Gasteiger partial charge in [0.25, 0.3) is 5.69 Å². The summed E-state index contributed by atoms with van der Waals surface area (Å²) in [6.07, 6.45) is 1.31. The number of nitrogens with one attached hydrogen (secondary N) is 1. The molecule has 1 aromatic carbocycles. The Labute approximate surface area is 107 Å². The van der Waals surface area contributed by atoms with Gasteiger partial charge in [0.2, 0.25) is 0 Å². The number of anilines is 2. The van der Waals surface area contributed by atoms with Gasteiger partial charge in [-0.2, -0.15) is 5.10 Å². The zero-order chi connectivity index (χ0) is 14.0. The highest BCUT2D eigenvalue weighted by atomic mass is 16.6. The molecule has 0 unspecified atom stereocenters. The third kappa shape index (κ3) is 2.37. The molecule has 0 fully saturated rings. The first-order chi connectivity index (χ1) is 9.00. The van der Waals surface area contributed by atoms with E-state index in [4.69, 9.17) is 5.11 Å². The number of carboxylic acid groups (broad SMARTS) is 1. The molecule has 0 radical (unpaired) electrons. The number of aromatic nitrogens is 2. The molecule has 2 rings (SSSR count). The van der Waals surface area contributed by atoms with Crippen LogP contribution in [0.3, 0.4) is 0 Å². The van der Waals surface area contributed by atoms with Crippen molar-refractivity contribution in [3.63, 3.8) is 0 Å². The molecule has 1 heterocycles. The number of nitro benzene ring substituents is 1. The van der Waals surface area contributed by atoms with Crippen LogP contribution in [0.25, 0.3) is 0 Å². The van der Waals surface area contributed by atoms with Crippen molar-refractivity contribution < 1.29 is 14.8 Å². The van der Waals surface area contributed by atoms with Crippen LogP contribution in [0.1, 0.15) is 10.5 Å². The molecular formula is C11H10N4O4. The van der Waals surface area contributed by atoms with Gasteiger partial charge in [0.1, 0.15) is 5.69 Å². The van der Waals surface area contributed by atoms with Crippen molar-refractivity contribution in [2.75, 3.05) is 5.32 Å². The maximum Gasteiger partial charge on any atom is 0.356 e. The molecule has 98 valence electrons. The lowest BCUT2D eigenvalue weighted by atomic mass is 10.2. The molecule has 8 nitrogen and oxygen atoms in total. The second kappa shape index (κ2) is 4.77. The Morgan fingerprint density at radius 2 is 2.11 bits per heavy atom. The molecule has 0 aliphatic rings. The number of para-hydroxylation sites is 2. The number of carbonyl (C=O) groups is 1. The number of hydrogen-bond donors (Lipinski definition) is 2. The van der Waals surface area contributed by atoms with Crippen LogP contribution in [0.15, 0.2) is 30.5 Å². The van der Waals surface area contributed by atoms with Crippen LogP contribution in [-0.2, 0) is 7.05 Å². The SMILES string of the molecule is Cn1ncc(Nc2ccccc2[N+](=O)[O-])c1C(=O)O. The summed E-state index contributed by atoms with van der Waals surface area (Å²) in [6, 6.07) is 5.98. The molecule has 0 bridgehead atoms. The van der Waals surface area contributed by atoms with E-state index in [-0.39, 0.29) is 22.8 Å². The van der Waals surface area contributed by atoms with Gasteiger partial charge in [0.05, 0.1) is 16.8 Å². The Morgan fingerprint density at radius 1 is 1.42 bits per heavy atom. The lowest BCUT2D eigenvalue weighted by molar-refractivity contribution is -0.383. The maximum absolute atomic E-state index is 11.1. The number of carboxylic acids is 1. The van der Waals surface area contributed by atoms with Gasteiger partial charge in [-0.3, -0.25) is 14.8 Å². The number of hydrogen-bond acceptors (Lipinski definition) is 5. The molecule has 0 amide bonds. The van der Waals surface area contributed by atoms with Gasteiger partial charge in [0, 0.05) is 13.1 Å². The van der Waals surface area contributed by atoms with E-state index in [1.807, 2.05) is 0 Å². The molecule has 2 N–H and O–H groups in total. The van der Waals surface area contributed by atoms with Crippen LogP contribution in [0.5, 0.6) is 0 Å². The van der Waals surface area contributed by atoms with Gasteiger partial charge >= 0.3 is 5.97 Å². The minimum Gasteiger partial charge on any atom is -0.476 e. The van der Waals surface area contributed by atoms with E-state index in [1.54, 1.807) is 6.07 Å². The fourth-order valence-electron chi connectivity index (χ4n) is 1.67. The third-order valence-corrected chi connectivity index (χ3v) is 2.51. The highest BCUT2D eigenvalue weighted by Crippen LogP contribution is 2.28. The molecule has 2 aromatic rings. The number of nitro groups is 1. The number of nitrogens with zero attached hydrogens (tertiary/aromatic N) is 3. The maximum atomic E-state index is 11.1. The Morgan fingerprint density at radius 3 is 2.74 bits per heavy atom. The second-order valence-corrected chi connectivity index (χ2v) is 3.73. The first-order valence-corrected chi connectivity index (χ1v) is 5.26. The van der Waals surface area contributed by atoms with Crippen molar-refractivity contribution in [2.24, 2.45) is 7.05 Å².